The average Bonchev–Trinajstić information content (AvgIpc) is 2.03. The molecule has 0 aliphatic carbocycles. The second kappa shape index (κ2) is 3.64. The molecule has 72 valence electrons. The van der Waals surface area contributed by atoms with Crippen LogP contribution in [0.25, 0.3) is 0 Å². The lowest BCUT2D eigenvalue weighted by atomic mass is 10.8. The van der Waals surface area contributed by atoms with Crippen molar-refractivity contribution in [1.82, 2.24) is 15.0 Å². The van der Waals surface area contributed by atoms with E-state index in [1.54, 1.807) is 0 Å². The predicted octanol–water partition coefficient (Wildman–Crippen LogP) is 0.185. The van der Waals surface area contributed by atoms with Crippen molar-refractivity contribution in [3.8, 4) is 0 Å². The van der Waals surface area contributed by atoms with E-state index in [9.17, 15) is 0 Å². The lowest BCUT2D eigenvalue weighted by molar-refractivity contribution is 0.263. The van der Waals surface area contributed by atoms with E-state index in [-0.39, 0.29) is 16.7 Å². The summed E-state index contributed by atoms with van der Waals surface area (Å²) in [5.41, 5.74) is 0. The van der Waals surface area contributed by atoms with Crippen LogP contribution in [-0.2, 0) is 0 Å². The number of hydroxylamine groups is 2. The van der Waals surface area contributed by atoms with Crippen LogP contribution in [0.3, 0.4) is 0 Å². The molecule has 1 aromatic rings. The van der Waals surface area contributed by atoms with Gasteiger partial charge in [-0.1, -0.05) is 0 Å². The molecule has 8 heteroatoms. The van der Waals surface area contributed by atoms with Crippen molar-refractivity contribution in [3.05, 3.63) is 4.77 Å². The summed E-state index contributed by atoms with van der Waals surface area (Å²) in [5, 5.41) is 19.5. The maximum absolute atomic E-state index is 9.02. The number of nitrogens with one attached hydrogen (secondary N) is 1. The van der Waals surface area contributed by atoms with Crippen molar-refractivity contribution >= 4 is 24.1 Å². The Morgan fingerprint density at radius 2 is 1.54 bits per heavy atom. The first-order valence-electron chi connectivity index (χ1n) is 3.34. The summed E-state index contributed by atoms with van der Waals surface area (Å²) in [7, 11) is 2.74. The third-order valence-corrected chi connectivity index (χ3v) is 1.42. The Morgan fingerprint density at radius 1 is 1.15 bits per heavy atom. The zero-order valence-corrected chi connectivity index (χ0v) is 7.91. The second-order valence-electron chi connectivity index (χ2n) is 2.33. The highest BCUT2D eigenvalue weighted by Crippen LogP contribution is 2.07. The minimum Gasteiger partial charge on any atom is -0.292 e. The van der Waals surface area contributed by atoms with Gasteiger partial charge in [0.1, 0.15) is 0 Å². The Labute approximate surface area is 79.2 Å². The Bertz CT molecular complexity index is 320. The number of aromatic nitrogens is 3. The summed E-state index contributed by atoms with van der Waals surface area (Å²) < 4.78 is 0.0329. The smallest absolute Gasteiger partial charge is 0.232 e. The van der Waals surface area contributed by atoms with Crippen LogP contribution < -0.4 is 10.1 Å². The molecule has 0 amide bonds. The Balaban J connectivity index is 3.19. The Morgan fingerprint density at radius 3 is 1.85 bits per heavy atom. The van der Waals surface area contributed by atoms with Gasteiger partial charge in [0.2, 0.25) is 16.7 Å². The maximum atomic E-state index is 9.02. The topological polar surface area (TPSA) is 88.5 Å². The third kappa shape index (κ3) is 2.34. The van der Waals surface area contributed by atoms with E-state index in [1.807, 2.05) is 0 Å². The number of nitrogens with zero attached hydrogens (tertiary/aromatic N) is 4. The van der Waals surface area contributed by atoms with Gasteiger partial charge in [0.15, 0.2) is 0 Å². The molecule has 0 saturated heterocycles. The molecule has 7 nitrogen and oxygen atoms in total. The van der Waals surface area contributed by atoms with E-state index >= 15 is 0 Å². The summed E-state index contributed by atoms with van der Waals surface area (Å²) >= 11 is 4.71. The number of rotatable bonds is 2. The maximum Gasteiger partial charge on any atom is 0.232 e. The molecule has 0 aliphatic heterocycles. The summed E-state index contributed by atoms with van der Waals surface area (Å²) in [5.74, 6) is 0.215. The SMILES string of the molecule is CN(O)c1nc(=S)nc(N(C)O)[nH]1. The summed E-state index contributed by atoms with van der Waals surface area (Å²) in [4.78, 5) is 9.95. The fourth-order valence-electron chi connectivity index (χ4n) is 0.669. The van der Waals surface area contributed by atoms with Crippen LogP contribution in [0, 0.1) is 4.77 Å². The minimum absolute atomic E-state index is 0.0329. The number of H-pyrrole nitrogens is 1. The molecule has 0 radical (unpaired) electrons. The highest BCUT2D eigenvalue weighted by molar-refractivity contribution is 7.71. The fraction of sp³-hybridized carbons (Fsp3) is 0.400. The molecule has 13 heavy (non-hydrogen) atoms. The van der Waals surface area contributed by atoms with Crippen molar-refractivity contribution in [2.24, 2.45) is 0 Å². The van der Waals surface area contributed by atoms with Gasteiger partial charge in [-0.2, -0.15) is 9.97 Å². The zero-order chi connectivity index (χ0) is 10.0. The van der Waals surface area contributed by atoms with Crippen molar-refractivity contribution < 1.29 is 10.4 Å². The van der Waals surface area contributed by atoms with Gasteiger partial charge >= 0.3 is 0 Å². The van der Waals surface area contributed by atoms with E-state index in [2.05, 4.69) is 15.0 Å². The first kappa shape index (κ1) is 9.84. The molecule has 1 rings (SSSR count). The summed E-state index contributed by atoms with van der Waals surface area (Å²) in [6, 6.07) is 0. The molecule has 0 unspecified atom stereocenters. The second-order valence-corrected chi connectivity index (χ2v) is 2.69. The Hall–Kier alpha value is -1.25. The van der Waals surface area contributed by atoms with Crippen LogP contribution in [0.15, 0.2) is 0 Å². The van der Waals surface area contributed by atoms with E-state index in [1.165, 1.54) is 14.1 Å². The first-order valence-corrected chi connectivity index (χ1v) is 3.75. The molecule has 0 spiro atoms. The number of anilines is 2. The molecular formula is C5H9N5O2S. The largest absolute Gasteiger partial charge is 0.292 e. The van der Waals surface area contributed by atoms with Crippen LogP contribution in [0.1, 0.15) is 0 Å². The van der Waals surface area contributed by atoms with Gasteiger partial charge in [0.25, 0.3) is 0 Å². The van der Waals surface area contributed by atoms with Crippen molar-refractivity contribution in [2.75, 3.05) is 24.2 Å². The highest BCUT2D eigenvalue weighted by atomic mass is 32.1. The van der Waals surface area contributed by atoms with Crippen molar-refractivity contribution in [3.63, 3.8) is 0 Å². The third-order valence-electron chi connectivity index (χ3n) is 1.24. The zero-order valence-electron chi connectivity index (χ0n) is 7.09. The van der Waals surface area contributed by atoms with Gasteiger partial charge < -0.3 is 0 Å². The van der Waals surface area contributed by atoms with Crippen LogP contribution in [-0.4, -0.2) is 39.5 Å². The van der Waals surface area contributed by atoms with Crippen molar-refractivity contribution in [2.45, 2.75) is 0 Å². The van der Waals surface area contributed by atoms with Gasteiger partial charge in [0.05, 0.1) is 0 Å². The van der Waals surface area contributed by atoms with Gasteiger partial charge in [-0.25, -0.2) is 10.1 Å². The normalized spacial score (nSPS) is 9.85. The van der Waals surface area contributed by atoms with Gasteiger partial charge in [-0.3, -0.25) is 15.4 Å². The average molecular weight is 203 g/mol. The van der Waals surface area contributed by atoms with Crippen LogP contribution in [0.5, 0.6) is 0 Å². The molecule has 1 aromatic heterocycles. The molecule has 0 bridgehead atoms. The van der Waals surface area contributed by atoms with E-state index in [0.29, 0.717) is 0 Å². The van der Waals surface area contributed by atoms with E-state index in [4.69, 9.17) is 22.6 Å². The molecule has 0 aliphatic rings. The minimum atomic E-state index is 0.0329. The van der Waals surface area contributed by atoms with Gasteiger partial charge in [0, 0.05) is 14.1 Å². The Kier molecular flexibility index (Phi) is 2.76. The van der Waals surface area contributed by atoms with Crippen LogP contribution in [0.4, 0.5) is 11.9 Å². The van der Waals surface area contributed by atoms with E-state index < -0.39 is 0 Å². The fourth-order valence-corrected chi connectivity index (χ4v) is 0.842. The van der Waals surface area contributed by atoms with Crippen molar-refractivity contribution in [1.29, 1.82) is 0 Å². The lowest BCUT2D eigenvalue weighted by Gasteiger charge is -2.12. The highest BCUT2D eigenvalue weighted by Gasteiger charge is 2.05. The lowest BCUT2D eigenvalue weighted by Crippen LogP contribution is -2.19. The molecule has 3 N–H and O–H groups in total. The molecule has 1 heterocycles. The summed E-state index contributed by atoms with van der Waals surface area (Å²) in [6.45, 7) is 0. The molecule has 0 saturated carbocycles. The van der Waals surface area contributed by atoms with E-state index in [0.717, 1.165) is 10.1 Å². The van der Waals surface area contributed by atoms with Crippen LogP contribution >= 0.6 is 12.2 Å². The first-order chi connectivity index (χ1) is 6.00. The quantitative estimate of drug-likeness (QED) is 0.467. The summed E-state index contributed by atoms with van der Waals surface area (Å²) in [6.07, 6.45) is 0. The van der Waals surface area contributed by atoms with Gasteiger partial charge in [-0.05, 0) is 12.2 Å². The number of hydrogen-bond donors (Lipinski definition) is 3. The molecule has 0 aromatic carbocycles. The monoisotopic (exact) mass is 203 g/mol. The number of aromatic amines is 1. The molecule has 0 fully saturated rings. The van der Waals surface area contributed by atoms with Crippen LogP contribution in [0.2, 0.25) is 0 Å². The molecular weight excluding hydrogens is 194 g/mol. The molecule has 0 atom stereocenters. The predicted molar refractivity (Wildman–Crippen MR) is 47.6 cm³/mol. The van der Waals surface area contributed by atoms with Gasteiger partial charge in [-0.15, -0.1) is 0 Å². The number of hydrogen-bond acceptors (Lipinski definition) is 7. The standard InChI is InChI=1S/C5H9N5O2S/c1-9(11)3-6-4(10(2)12)8-5(13)7-3/h11-12H,1-2H3,(H,6,7,8,13).